The van der Waals surface area contributed by atoms with Crippen molar-refractivity contribution < 1.29 is 19.1 Å². The maximum atomic E-state index is 12.6. The lowest BCUT2D eigenvalue weighted by atomic mass is 10.0. The fraction of sp³-hybridized carbons (Fsp3) is 0.280. The van der Waals surface area contributed by atoms with E-state index in [2.05, 4.69) is 5.32 Å². The smallest absolute Gasteiger partial charge is 0.329 e. The summed E-state index contributed by atoms with van der Waals surface area (Å²) in [6, 6.07) is 22.5. The number of ether oxygens (including phenoxy) is 2. The van der Waals surface area contributed by atoms with Gasteiger partial charge in [-0.1, -0.05) is 74.5 Å². The number of carbonyl (C=O) groups excluding carboxylic acids is 2. The number of esters is 1. The molecule has 0 heterocycles. The predicted molar refractivity (Wildman–Crippen MR) is 117 cm³/mol. The molecule has 0 aliphatic heterocycles. The molecular formula is C25H27NO4. The third kappa shape index (κ3) is 5.83. The fourth-order valence-electron chi connectivity index (χ4n) is 3.25. The maximum absolute atomic E-state index is 12.6. The zero-order valence-corrected chi connectivity index (χ0v) is 17.3. The van der Waals surface area contributed by atoms with Crippen LogP contribution in [0.15, 0.2) is 72.8 Å². The van der Waals surface area contributed by atoms with E-state index in [0.29, 0.717) is 0 Å². The highest BCUT2D eigenvalue weighted by atomic mass is 16.6. The van der Waals surface area contributed by atoms with Crippen molar-refractivity contribution in [3.8, 4) is 5.75 Å². The molecule has 1 amide bonds. The molecule has 0 aliphatic rings. The van der Waals surface area contributed by atoms with Gasteiger partial charge in [0.1, 0.15) is 25.0 Å². The summed E-state index contributed by atoms with van der Waals surface area (Å²) in [7, 11) is 0. The topological polar surface area (TPSA) is 64.6 Å². The van der Waals surface area contributed by atoms with Crippen molar-refractivity contribution in [2.45, 2.75) is 26.3 Å². The summed E-state index contributed by atoms with van der Waals surface area (Å²) in [5.41, 5.74) is 0.928. The molecule has 1 N–H and O–H groups in total. The summed E-state index contributed by atoms with van der Waals surface area (Å²) in [4.78, 5) is 25.2. The fourth-order valence-corrected chi connectivity index (χ4v) is 3.25. The Kier molecular flexibility index (Phi) is 7.44. The molecule has 156 valence electrons. The molecule has 3 aromatic rings. The summed E-state index contributed by atoms with van der Waals surface area (Å²) < 4.78 is 10.9. The Balaban J connectivity index is 1.53. The van der Waals surface area contributed by atoms with Gasteiger partial charge in [0.15, 0.2) is 0 Å². The molecule has 0 bridgehead atoms. The summed E-state index contributed by atoms with van der Waals surface area (Å²) in [6.07, 6.45) is 0.203. The van der Waals surface area contributed by atoms with Crippen LogP contribution in [-0.2, 0) is 20.7 Å². The van der Waals surface area contributed by atoms with Crippen molar-refractivity contribution in [1.82, 2.24) is 5.32 Å². The summed E-state index contributed by atoms with van der Waals surface area (Å²) in [6.45, 7) is 4.13. The van der Waals surface area contributed by atoms with Gasteiger partial charge in [-0.2, -0.15) is 0 Å². The van der Waals surface area contributed by atoms with Crippen molar-refractivity contribution in [3.05, 3.63) is 78.4 Å². The second kappa shape index (κ2) is 10.4. The highest BCUT2D eigenvalue weighted by molar-refractivity contribution is 5.91. The molecule has 0 saturated heterocycles. The average Bonchev–Trinajstić information content (AvgIpc) is 2.76. The summed E-state index contributed by atoms with van der Waals surface area (Å²) in [5, 5.41) is 4.96. The molecule has 5 heteroatoms. The highest BCUT2D eigenvalue weighted by Crippen LogP contribution is 2.19. The van der Waals surface area contributed by atoms with E-state index in [1.807, 2.05) is 86.6 Å². The number of rotatable bonds is 9. The largest absolute Gasteiger partial charge is 0.490 e. The van der Waals surface area contributed by atoms with Gasteiger partial charge in [-0.15, -0.1) is 0 Å². The average molecular weight is 405 g/mol. The quantitative estimate of drug-likeness (QED) is 0.429. The molecule has 0 spiro atoms. The van der Waals surface area contributed by atoms with Crippen LogP contribution >= 0.6 is 0 Å². The van der Waals surface area contributed by atoms with Crippen LogP contribution in [0.1, 0.15) is 19.4 Å². The Bertz CT molecular complexity index is 979. The number of nitrogens with one attached hydrogen (secondary N) is 1. The molecule has 30 heavy (non-hydrogen) atoms. The Morgan fingerprint density at radius 3 is 2.33 bits per heavy atom. The SMILES string of the molecule is CC(C)[C@H](NC(=O)Cc1cccc2ccccc12)C(=O)OCCOc1ccccc1. The first-order valence-corrected chi connectivity index (χ1v) is 10.1. The van der Waals surface area contributed by atoms with Crippen LogP contribution in [0.3, 0.4) is 0 Å². The number of hydrogen-bond donors (Lipinski definition) is 1. The van der Waals surface area contributed by atoms with Crippen LogP contribution in [0.4, 0.5) is 0 Å². The minimum Gasteiger partial charge on any atom is -0.490 e. The lowest BCUT2D eigenvalue weighted by molar-refractivity contribution is -0.149. The van der Waals surface area contributed by atoms with Crippen molar-refractivity contribution in [1.29, 1.82) is 0 Å². The van der Waals surface area contributed by atoms with Crippen LogP contribution < -0.4 is 10.1 Å². The van der Waals surface area contributed by atoms with Gasteiger partial charge in [0.2, 0.25) is 5.91 Å². The second-order valence-electron chi connectivity index (χ2n) is 7.43. The molecular weight excluding hydrogens is 378 g/mol. The molecule has 0 aliphatic carbocycles. The Labute approximate surface area is 177 Å². The van der Waals surface area contributed by atoms with E-state index in [1.165, 1.54) is 0 Å². The number of fused-ring (bicyclic) bond motifs is 1. The molecule has 3 rings (SSSR count). The van der Waals surface area contributed by atoms with Gasteiger partial charge in [0, 0.05) is 0 Å². The lowest BCUT2D eigenvalue weighted by Crippen LogP contribution is -2.46. The predicted octanol–water partition coefficient (Wildman–Crippen LogP) is 4.15. The van der Waals surface area contributed by atoms with E-state index >= 15 is 0 Å². The number of carbonyl (C=O) groups is 2. The minimum absolute atomic E-state index is 0.0935. The molecule has 0 fully saturated rings. The van der Waals surface area contributed by atoms with Crippen molar-refractivity contribution in [3.63, 3.8) is 0 Å². The van der Waals surface area contributed by atoms with Gasteiger partial charge in [-0.05, 0) is 34.4 Å². The summed E-state index contributed by atoms with van der Waals surface area (Å²) >= 11 is 0. The normalized spacial score (nSPS) is 11.8. The van der Waals surface area contributed by atoms with Gasteiger partial charge < -0.3 is 14.8 Å². The van der Waals surface area contributed by atoms with Crippen LogP contribution in [0.5, 0.6) is 5.75 Å². The first-order chi connectivity index (χ1) is 14.5. The van der Waals surface area contributed by atoms with Gasteiger partial charge >= 0.3 is 5.97 Å². The Hall–Kier alpha value is -3.34. The summed E-state index contributed by atoms with van der Waals surface area (Å²) in [5.74, 6) is -0.0307. The molecule has 5 nitrogen and oxygen atoms in total. The molecule has 1 atom stereocenters. The molecule has 0 aromatic heterocycles. The van der Waals surface area contributed by atoms with E-state index < -0.39 is 12.0 Å². The van der Waals surface area contributed by atoms with Crippen LogP contribution in [-0.4, -0.2) is 31.1 Å². The zero-order valence-electron chi connectivity index (χ0n) is 17.3. The van der Waals surface area contributed by atoms with E-state index in [0.717, 1.165) is 22.1 Å². The minimum atomic E-state index is -0.704. The number of para-hydroxylation sites is 1. The van der Waals surface area contributed by atoms with Crippen molar-refractivity contribution in [2.24, 2.45) is 5.92 Å². The van der Waals surface area contributed by atoms with Crippen LogP contribution in [0.25, 0.3) is 10.8 Å². The zero-order chi connectivity index (χ0) is 21.3. The van der Waals surface area contributed by atoms with Crippen molar-refractivity contribution in [2.75, 3.05) is 13.2 Å². The first-order valence-electron chi connectivity index (χ1n) is 10.1. The third-order valence-electron chi connectivity index (χ3n) is 4.81. The third-order valence-corrected chi connectivity index (χ3v) is 4.81. The van der Waals surface area contributed by atoms with E-state index in [9.17, 15) is 9.59 Å². The van der Waals surface area contributed by atoms with Gasteiger partial charge in [-0.25, -0.2) is 4.79 Å². The van der Waals surface area contributed by atoms with Crippen LogP contribution in [0, 0.1) is 5.92 Å². The Morgan fingerprint density at radius 1 is 0.867 bits per heavy atom. The van der Waals surface area contributed by atoms with Crippen molar-refractivity contribution >= 4 is 22.6 Å². The first kappa shape index (κ1) is 21.4. The van der Waals surface area contributed by atoms with E-state index in [-0.39, 0.29) is 31.5 Å². The lowest BCUT2D eigenvalue weighted by Gasteiger charge is -2.21. The van der Waals surface area contributed by atoms with E-state index in [1.54, 1.807) is 0 Å². The van der Waals surface area contributed by atoms with Gasteiger partial charge in [0.05, 0.1) is 6.42 Å². The number of hydrogen-bond acceptors (Lipinski definition) is 4. The monoisotopic (exact) mass is 405 g/mol. The number of benzene rings is 3. The molecule has 3 aromatic carbocycles. The van der Waals surface area contributed by atoms with E-state index in [4.69, 9.17) is 9.47 Å². The highest BCUT2D eigenvalue weighted by Gasteiger charge is 2.25. The molecule has 0 saturated carbocycles. The molecule has 0 unspecified atom stereocenters. The Morgan fingerprint density at radius 2 is 1.57 bits per heavy atom. The van der Waals surface area contributed by atoms with Gasteiger partial charge in [-0.3, -0.25) is 4.79 Å². The van der Waals surface area contributed by atoms with Gasteiger partial charge in [0.25, 0.3) is 0 Å². The standard InChI is InChI=1S/C25H27NO4/c1-18(2)24(25(28)30-16-15-29-21-12-4-3-5-13-21)26-23(27)17-20-11-8-10-19-9-6-7-14-22(19)20/h3-14,18,24H,15-17H2,1-2H3,(H,26,27)/t24-/m0/s1. The van der Waals surface area contributed by atoms with Crippen LogP contribution in [0.2, 0.25) is 0 Å². The second-order valence-corrected chi connectivity index (χ2v) is 7.43. The number of amides is 1. The molecule has 0 radical (unpaired) electrons. The maximum Gasteiger partial charge on any atom is 0.329 e.